The van der Waals surface area contributed by atoms with Crippen molar-refractivity contribution in [1.82, 2.24) is 16.2 Å². The first-order valence-electron chi connectivity index (χ1n) is 9.96. The van der Waals surface area contributed by atoms with Crippen molar-refractivity contribution in [1.29, 1.82) is 0 Å². The van der Waals surface area contributed by atoms with Crippen molar-refractivity contribution in [3.63, 3.8) is 0 Å². The first-order chi connectivity index (χ1) is 15.7. The molecular formula is C22H24BrN3O6S. The summed E-state index contributed by atoms with van der Waals surface area (Å²) in [7, 11) is 0. The van der Waals surface area contributed by atoms with Crippen LogP contribution >= 0.6 is 28.1 Å². The standard InChI is InChI=1S/C22H24BrN3O6S/c1-4-30-21(29)14-5-8-16(9-6-14)31-12-19(27)25-26-22(33)24-20(28)15-7-10-18(17(23)11-15)32-13(2)3/h5-11,13H,4,12H2,1-3H3,(H,25,27)(H2,24,26,28,33). The lowest BCUT2D eigenvalue weighted by molar-refractivity contribution is -0.123. The SMILES string of the molecule is CCOC(=O)c1ccc(OCC(=O)NNC(=S)NC(=O)c2ccc(OC(C)C)c(Br)c2)cc1. The van der Waals surface area contributed by atoms with Crippen LogP contribution in [0.15, 0.2) is 46.9 Å². The Labute approximate surface area is 205 Å². The minimum atomic E-state index is -0.529. The quantitative estimate of drug-likeness (QED) is 0.267. The van der Waals surface area contributed by atoms with Crippen LogP contribution in [0.3, 0.4) is 0 Å². The van der Waals surface area contributed by atoms with Gasteiger partial charge in [0.25, 0.3) is 11.8 Å². The van der Waals surface area contributed by atoms with Gasteiger partial charge in [0.15, 0.2) is 11.7 Å². The molecule has 0 saturated heterocycles. The zero-order chi connectivity index (χ0) is 24.4. The Hall–Kier alpha value is -3.18. The molecule has 2 aromatic carbocycles. The van der Waals surface area contributed by atoms with Crippen molar-refractivity contribution >= 4 is 51.0 Å². The summed E-state index contributed by atoms with van der Waals surface area (Å²) in [6.07, 6.45) is -0.00527. The Morgan fingerprint density at radius 2 is 1.70 bits per heavy atom. The van der Waals surface area contributed by atoms with Gasteiger partial charge in [0.1, 0.15) is 11.5 Å². The smallest absolute Gasteiger partial charge is 0.338 e. The van der Waals surface area contributed by atoms with E-state index in [1.54, 1.807) is 37.3 Å². The first-order valence-corrected chi connectivity index (χ1v) is 11.2. The van der Waals surface area contributed by atoms with E-state index in [0.29, 0.717) is 27.1 Å². The van der Waals surface area contributed by atoms with Crippen LogP contribution in [0.5, 0.6) is 11.5 Å². The number of thiocarbonyl (C=S) groups is 1. The maximum atomic E-state index is 12.3. The van der Waals surface area contributed by atoms with Gasteiger partial charge in [-0.15, -0.1) is 0 Å². The number of esters is 1. The molecular weight excluding hydrogens is 514 g/mol. The first kappa shape index (κ1) is 26.1. The zero-order valence-electron chi connectivity index (χ0n) is 18.3. The van der Waals surface area contributed by atoms with Crippen LogP contribution in [-0.2, 0) is 9.53 Å². The van der Waals surface area contributed by atoms with Gasteiger partial charge in [-0.3, -0.25) is 25.8 Å². The van der Waals surface area contributed by atoms with Gasteiger partial charge in [-0.2, -0.15) is 0 Å². The lowest BCUT2D eigenvalue weighted by Gasteiger charge is -2.13. The molecule has 3 N–H and O–H groups in total. The maximum Gasteiger partial charge on any atom is 0.338 e. The second kappa shape index (κ2) is 12.8. The van der Waals surface area contributed by atoms with Gasteiger partial charge in [-0.25, -0.2) is 4.79 Å². The summed E-state index contributed by atoms with van der Waals surface area (Å²) in [6.45, 7) is 5.49. The highest BCUT2D eigenvalue weighted by Crippen LogP contribution is 2.26. The van der Waals surface area contributed by atoms with Crippen molar-refractivity contribution in [3.05, 3.63) is 58.1 Å². The molecule has 0 bridgehead atoms. The lowest BCUT2D eigenvalue weighted by Crippen LogP contribution is -2.49. The van der Waals surface area contributed by atoms with E-state index in [-0.39, 0.29) is 24.4 Å². The van der Waals surface area contributed by atoms with Crippen LogP contribution in [0.25, 0.3) is 0 Å². The Morgan fingerprint density at radius 1 is 1.03 bits per heavy atom. The molecule has 176 valence electrons. The minimum absolute atomic E-state index is 0.00527. The predicted octanol–water partition coefficient (Wildman–Crippen LogP) is 3.13. The summed E-state index contributed by atoms with van der Waals surface area (Å²) in [4.78, 5) is 35.9. The number of rotatable bonds is 8. The van der Waals surface area contributed by atoms with Crippen molar-refractivity contribution < 1.29 is 28.6 Å². The second-order valence-electron chi connectivity index (χ2n) is 6.80. The number of hydrogen-bond acceptors (Lipinski definition) is 7. The molecule has 0 saturated carbocycles. The third-order valence-electron chi connectivity index (χ3n) is 3.83. The maximum absolute atomic E-state index is 12.3. The lowest BCUT2D eigenvalue weighted by atomic mass is 10.2. The molecule has 0 fully saturated rings. The molecule has 0 aliphatic carbocycles. The molecule has 2 amide bonds. The number of nitrogens with one attached hydrogen (secondary N) is 3. The molecule has 11 heteroatoms. The normalized spacial score (nSPS) is 10.2. The van der Waals surface area contributed by atoms with E-state index in [0.717, 1.165) is 0 Å². The molecule has 0 spiro atoms. The summed E-state index contributed by atoms with van der Waals surface area (Å²) >= 11 is 8.39. The molecule has 2 rings (SSSR count). The fraction of sp³-hybridized carbons (Fsp3) is 0.273. The third-order valence-corrected chi connectivity index (χ3v) is 4.66. The Balaban J connectivity index is 1.76. The third kappa shape index (κ3) is 8.70. The largest absolute Gasteiger partial charge is 0.490 e. The van der Waals surface area contributed by atoms with Gasteiger partial charge in [-0.05, 0) is 91.4 Å². The van der Waals surface area contributed by atoms with E-state index in [1.807, 2.05) is 13.8 Å². The van der Waals surface area contributed by atoms with Gasteiger partial charge in [0.2, 0.25) is 0 Å². The number of halogens is 1. The van der Waals surface area contributed by atoms with Crippen molar-refractivity contribution in [2.24, 2.45) is 0 Å². The number of amides is 2. The van der Waals surface area contributed by atoms with Crippen LogP contribution in [0.4, 0.5) is 0 Å². The van der Waals surface area contributed by atoms with Crippen LogP contribution in [-0.4, -0.2) is 42.2 Å². The van der Waals surface area contributed by atoms with E-state index in [9.17, 15) is 14.4 Å². The summed E-state index contributed by atoms with van der Waals surface area (Å²) in [5.74, 6) is -0.418. The average Bonchev–Trinajstić information content (AvgIpc) is 2.77. The Morgan fingerprint density at radius 3 is 2.30 bits per heavy atom. The molecule has 0 aliphatic heterocycles. The summed E-state index contributed by atoms with van der Waals surface area (Å²) in [6, 6.07) is 11.0. The van der Waals surface area contributed by atoms with Gasteiger partial charge in [-0.1, -0.05) is 0 Å². The van der Waals surface area contributed by atoms with Crippen LogP contribution in [0.1, 0.15) is 41.5 Å². The monoisotopic (exact) mass is 537 g/mol. The summed E-state index contributed by atoms with van der Waals surface area (Å²) < 4.78 is 16.5. The number of ether oxygens (including phenoxy) is 3. The van der Waals surface area contributed by atoms with E-state index in [2.05, 4.69) is 32.1 Å². The number of benzene rings is 2. The number of carbonyl (C=O) groups excluding carboxylic acids is 3. The molecule has 0 heterocycles. The number of hydrogen-bond donors (Lipinski definition) is 3. The molecule has 0 unspecified atom stereocenters. The van der Waals surface area contributed by atoms with E-state index in [1.165, 1.54) is 12.1 Å². The molecule has 0 aliphatic rings. The van der Waals surface area contributed by atoms with E-state index < -0.39 is 17.8 Å². The molecule has 0 atom stereocenters. The van der Waals surface area contributed by atoms with Gasteiger partial charge < -0.3 is 14.2 Å². The number of carbonyl (C=O) groups is 3. The fourth-order valence-electron chi connectivity index (χ4n) is 2.41. The summed E-state index contributed by atoms with van der Waals surface area (Å²) in [5, 5.41) is 2.37. The highest BCUT2D eigenvalue weighted by molar-refractivity contribution is 9.10. The fourth-order valence-corrected chi connectivity index (χ4v) is 3.03. The molecule has 0 radical (unpaired) electrons. The predicted molar refractivity (Wildman–Crippen MR) is 129 cm³/mol. The highest BCUT2D eigenvalue weighted by atomic mass is 79.9. The van der Waals surface area contributed by atoms with Gasteiger partial charge >= 0.3 is 5.97 Å². The molecule has 2 aromatic rings. The van der Waals surface area contributed by atoms with Crippen LogP contribution in [0.2, 0.25) is 0 Å². The average molecular weight is 538 g/mol. The van der Waals surface area contributed by atoms with E-state index >= 15 is 0 Å². The molecule has 9 nitrogen and oxygen atoms in total. The minimum Gasteiger partial charge on any atom is -0.490 e. The topological polar surface area (TPSA) is 115 Å². The van der Waals surface area contributed by atoms with E-state index in [4.69, 9.17) is 26.4 Å². The molecule has 33 heavy (non-hydrogen) atoms. The Kier molecular flexibility index (Phi) is 10.1. The number of hydrazine groups is 1. The van der Waals surface area contributed by atoms with Crippen LogP contribution in [0, 0.1) is 0 Å². The van der Waals surface area contributed by atoms with Crippen molar-refractivity contribution in [2.75, 3.05) is 13.2 Å². The van der Waals surface area contributed by atoms with Gasteiger partial charge in [0.05, 0.1) is 22.7 Å². The van der Waals surface area contributed by atoms with Gasteiger partial charge in [0, 0.05) is 5.56 Å². The van der Waals surface area contributed by atoms with Crippen LogP contribution < -0.4 is 25.6 Å². The second-order valence-corrected chi connectivity index (χ2v) is 8.06. The molecule has 0 aromatic heterocycles. The highest BCUT2D eigenvalue weighted by Gasteiger charge is 2.12. The summed E-state index contributed by atoms with van der Waals surface area (Å²) in [5.41, 5.74) is 5.49. The Bertz CT molecular complexity index is 1010. The van der Waals surface area contributed by atoms with Crippen molar-refractivity contribution in [3.8, 4) is 11.5 Å². The van der Waals surface area contributed by atoms with Crippen molar-refractivity contribution in [2.45, 2.75) is 26.9 Å². The zero-order valence-corrected chi connectivity index (χ0v) is 20.7.